The molecule has 0 atom stereocenters. The highest BCUT2D eigenvalue weighted by Gasteiger charge is 2.42. The first-order valence-corrected chi connectivity index (χ1v) is 4.63. The minimum Gasteiger partial charge on any atom is -0.192 e. The Kier molecular flexibility index (Phi) is 3.64. The molecule has 0 aliphatic carbocycles. The standard InChI is InChI=1S/C11HF6N3/c12-10(13,14)8-1-9(11(15,16)17)7(4-20)5(2-18)6(8)3-19/h1H. The second kappa shape index (κ2) is 4.75. The Morgan fingerprint density at radius 1 is 0.650 bits per heavy atom. The van der Waals surface area contributed by atoms with Gasteiger partial charge in [0.15, 0.2) is 0 Å². The number of halogens is 6. The van der Waals surface area contributed by atoms with Gasteiger partial charge in [-0.2, -0.15) is 42.1 Å². The van der Waals surface area contributed by atoms with Crippen LogP contribution in [0.1, 0.15) is 27.8 Å². The minimum absolute atomic E-state index is 0.335. The van der Waals surface area contributed by atoms with Crippen LogP contribution in [-0.4, -0.2) is 0 Å². The second-order valence-electron chi connectivity index (χ2n) is 3.43. The van der Waals surface area contributed by atoms with E-state index in [9.17, 15) is 26.3 Å². The van der Waals surface area contributed by atoms with Crippen LogP contribution >= 0.6 is 0 Å². The van der Waals surface area contributed by atoms with Gasteiger partial charge in [0.1, 0.15) is 18.2 Å². The maximum absolute atomic E-state index is 12.6. The summed E-state index contributed by atoms with van der Waals surface area (Å²) in [7, 11) is 0. The third-order valence-electron chi connectivity index (χ3n) is 2.27. The summed E-state index contributed by atoms with van der Waals surface area (Å²) in [5.41, 5.74) is -7.64. The summed E-state index contributed by atoms with van der Waals surface area (Å²) in [6.45, 7) is 0. The molecule has 3 nitrogen and oxygen atoms in total. The van der Waals surface area contributed by atoms with Gasteiger partial charge in [-0.3, -0.25) is 0 Å². The van der Waals surface area contributed by atoms with Gasteiger partial charge < -0.3 is 0 Å². The molecule has 1 aromatic carbocycles. The molecule has 0 bridgehead atoms. The van der Waals surface area contributed by atoms with Gasteiger partial charge in [0.25, 0.3) is 0 Å². The number of rotatable bonds is 0. The lowest BCUT2D eigenvalue weighted by Crippen LogP contribution is -2.16. The molecule has 0 fully saturated rings. The fraction of sp³-hybridized carbons (Fsp3) is 0.182. The molecule has 0 heterocycles. The Morgan fingerprint density at radius 2 is 0.950 bits per heavy atom. The van der Waals surface area contributed by atoms with Gasteiger partial charge in [0, 0.05) is 0 Å². The van der Waals surface area contributed by atoms with Crippen LogP contribution in [0.3, 0.4) is 0 Å². The summed E-state index contributed by atoms with van der Waals surface area (Å²) in [5, 5.41) is 25.9. The largest absolute Gasteiger partial charge is 0.417 e. The molecule has 1 rings (SSSR count). The zero-order valence-electron chi connectivity index (χ0n) is 9.19. The van der Waals surface area contributed by atoms with Gasteiger partial charge in [-0.25, -0.2) is 0 Å². The molecular weight excluding hydrogens is 288 g/mol. The Labute approximate surface area is 107 Å². The lowest BCUT2D eigenvalue weighted by Gasteiger charge is -2.15. The summed E-state index contributed by atoms with van der Waals surface area (Å²) in [6, 6.07) is 2.74. The van der Waals surface area contributed by atoms with Crippen LogP contribution in [0.2, 0.25) is 0 Å². The van der Waals surface area contributed by atoms with Crippen molar-refractivity contribution in [2.24, 2.45) is 0 Å². The second-order valence-corrected chi connectivity index (χ2v) is 3.43. The molecule has 0 aliphatic heterocycles. The molecule has 102 valence electrons. The van der Waals surface area contributed by atoms with E-state index in [1.165, 1.54) is 0 Å². The summed E-state index contributed by atoms with van der Waals surface area (Å²) in [6.07, 6.45) is -10.5. The number of nitriles is 3. The van der Waals surface area contributed by atoms with E-state index >= 15 is 0 Å². The molecule has 0 amide bonds. The summed E-state index contributed by atoms with van der Waals surface area (Å²) < 4.78 is 75.9. The fourth-order valence-corrected chi connectivity index (χ4v) is 1.47. The number of hydrogen-bond acceptors (Lipinski definition) is 3. The van der Waals surface area contributed by atoms with Gasteiger partial charge in [0.2, 0.25) is 0 Å². The van der Waals surface area contributed by atoms with Crippen LogP contribution in [0.25, 0.3) is 0 Å². The van der Waals surface area contributed by atoms with Gasteiger partial charge >= 0.3 is 12.4 Å². The number of nitrogens with zero attached hydrogens (tertiary/aromatic N) is 3. The van der Waals surface area contributed by atoms with Gasteiger partial charge in [0.05, 0.1) is 27.8 Å². The minimum atomic E-state index is -5.26. The van der Waals surface area contributed by atoms with Crippen molar-refractivity contribution in [2.75, 3.05) is 0 Å². The highest BCUT2D eigenvalue weighted by atomic mass is 19.4. The van der Waals surface area contributed by atoms with Crippen LogP contribution in [0.4, 0.5) is 26.3 Å². The van der Waals surface area contributed by atoms with Crippen molar-refractivity contribution in [1.82, 2.24) is 0 Å². The molecule has 0 aliphatic rings. The number of alkyl halides is 6. The molecule has 0 aromatic heterocycles. The van der Waals surface area contributed by atoms with Crippen LogP contribution in [0.5, 0.6) is 0 Å². The molecular formula is C11HF6N3. The molecule has 0 N–H and O–H groups in total. The van der Waals surface area contributed by atoms with E-state index in [1.807, 2.05) is 0 Å². The van der Waals surface area contributed by atoms with E-state index in [-0.39, 0.29) is 6.07 Å². The molecule has 0 saturated heterocycles. The average Bonchev–Trinajstić information content (AvgIpc) is 2.33. The maximum Gasteiger partial charge on any atom is 0.417 e. The lowest BCUT2D eigenvalue weighted by molar-refractivity contribution is -0.143. The molecule has 20 heavy (non-hydrogen) atoms. The Bertz CT molecular complexity index is 629. The smallest absolute Gasteiger partial charge is 0.192 e. The van der Waals surface area contributed by atoms with Gasteiger partial charge in [-0.1, -0.05) is 0 Å². The van der Waals surface area contributed by atoms with E-state index < -0.39 is 40.2 Å². The number of hydrogen-bond donors (Lipinski definition) is 0. The van der Waals surface area contributed by atoms with Crippen molar-refractivity contribution in [3.63, 3.8) is 0 Å². The van der Waals surface area contributed by atoms with Crippen LogP contribution in [0, 0.1) is 34.0 Å². The van der Waals surface area contributed by atoms with Crippen molar-refractivity contribution in [3.05, 3.63) is 33.9 Å². The van der Waals surface area contributed by atoms with Crippen molar-refractivity contribution >= 4 is 0 Å². The van der Waals surface area contributed by atoms with Crippen molar-refractivity contribution in [2.45, 2.75) is 12.4 Å². The molecule has 0 radical (unpaired) electrons. The summed E-state index contributed by atoms with van der Waals surface area (Å²) in [4.78, 5) is 0. The van der Waals surface area contributed by atoms with Crippen molar-refractivity contribution < 1.29 is 26.3 Å². The Hall–Kier alpha value is -2.73. The third kappa shape index (κ3) is 2.50. The zero-order chi connectivity index (χ0) is 15.7. The van der Waals surface area contributed by atoms with Crippen LogP contribution in [-0.2, 0) is 12.4 Å². The van der Waals surface area contributed by atoms with Crippen molar-refractivity contribution in [1.29, 1.82) is 15.8 Å². The Balaban J connectivity index is 4.00. The zero-order valence-corrected chi connectivity index (χ0v) is 9.19. The van der Waals surface area contributed by atoms with Crippen LogP contribution < -0.4 is 0 Å². The first-order chi connectivity index (χ1) is 9.07. The maximum atomic E-state index is 12.6. The lowest BCUT2D eigenvalue weighted by atomic mass is 9.92. The molecule has 0 spiro atoms. The SMILES string of the molecule is N#Cc1c(C(F)(F)F)cc(C(F)(F)F)c(C#N)c1C#N. The van der Waals surface area contributed by atoms with Gasteiger partial charge in [-0.15, -0.1) is 0 Å². The predicted molar refractivity (Wildman–Crippen MR) is 50.6 cm³/mol. The third-order valence-corrected chi connectivity index (χ3v) is 2.27. The molecule has 0 saturated carbocycles. The topological polar surface area (TPSA) is 71.4 Å². The first kappa shape index (κ1) is 15.3. The van der Waals surface area contributed by atoms with Crippen LogP contribution in [0.15, 0.2) is 6.07 Å². The van der Waals surface area contributed by atoms with E-state index in [0.29, 0.717) is 0 Å². The normalized spacial score (nSPS) is 11.3. The molecule has 0 unspecified atom stereocenters. The monoisotopic (exact) mass is 289 g/mol. The number of benzene rings is 1. The van der Waals surface area contributed by atoms with E-state index in [1.54, 1.807) is 0 Å². The molecule has 9 heteroatoms. The van der Waals surface area contributed by atoms with E-state index in [2.05, 4.69) is 0 Å². The van der Waals surface area contributed by atoms with Gasteiger partial charge in [-0.05, 0) is 6.07 Å². The highest BCUT2D eigenvalue weighted by Crippen LogP contribution is 2.40. The average molecular weight is 289 g/mol. The first-order valence-electron chi connectivity index (χ1n) is 4.63. The van der Waals surface area contributed by atoms with E-state index in [0.717, 1.165) is 18.2 Å². The van der Waals surface area contributed by atoms with Crippen molar-refractivity contribution in [3.8, 4) is 18.2 Å². The summed E-state index contributed by atoms with van der Waals surface area (Å²) >= 11 is 0. The fourth-order valence-electron chi connectivity index (χ4n) is 1.47. The van der Waals surface area contributed by atoms with E-state index in [4.69, 9.17) is 15.8 Å². The Morgan fingerprint density at radius 3 is 1.15 bits per heavy atom. The highest BCUT2D eigenvalue weighted by molar-refractivity contribution is 5.62. The quantitative estimate of drug-likeness (QED) is 0.687. The predicted octanol–water partition coefficient (Wildman–Crippen LogP) is 3.34. The summed E-state index contributed by atoms with van der Waals surface area (Å²) in [5.74, 6) is 0. The molecule has 1 aromatic rings.